The molecule has 0 unspecified atom stereocenters. The van der Waals surface area contributed by atoms with Gasteiger partial charge in [-0.2, -0.15) is 0 Å². The molecule has 1 aliphatic rings. The average Bonchev–Trinajstić information content (AvgIpc) is 2.64. The lowest BCUT2D eigenvalue weighted by Crippen LogP contribution is -2.46. The molecule has 0 saturated carbocycles. The third-order valence-corrected chi connectivity index (χ3v) is 5.26. The first-order valence-corrected chi connectivity index (χ1v) is 9.38. The Morgan fingerprint density at radius 3 is 2.27 bits per heavy atom. The van der Waals surface area contributed by atoms with Crippen LogP contribution in [0.3, 0.4) is 0 Å². The number of hydrogen-bond donors (Lipinski definition) is 1. The van der Waals surface area contributed by atoms with Crippen molar-refractivity contribution in [3.05, 3.63) is 64.7 Å². The summed E-state index contributed by atoms with van der Waals surface area (Å²) in [6, 6.07) is 15.2. The first-order valence-electron chi connectivity index (χ1n) is 9.38. The number of carbonyl (C=O) groups is 1. The smallest absolute Gasteiger partial charge is 0.217 e. The van der Waals surface area contributed by atoms with Crippen LogP contribution in [0.4, 0.5) is 5.69 Å². The zero-order valence-electron chi connectivity index (χ0n) is 16.1. The van der Waals surface area contributed by atoms with Crippen LogP contribution in [-0.2, 0) is 17.9 Å². The van der Waals surface area contributed by atoms with Crippen LogP contribution in [0.2, 0.25) is 0 Å². The van der Waals surface area contributed by atoms with E-state index in [9.17, 15) is 4.79 Å². The summed E-state index contributed by atoms with van der Waals surface area (Å²) in [5.41, 5.74) is 6.62. The second kappa shape index (κ2) is 8.37. The highest BCUT2D eigenvalue weighted by Crippen LogP contribution is 2.24. The predicted octanol–water partition coefficient (Wildman–Crippen LogP) is 3.26. The van der Waals surface area contributed by atoms with Gasteiger partial charge in [0, 0.05) is 51.9 Å². The molecule has 0 radical (unpaired) electrons. The number of piperazine rings is 1. The number of rotatable bonds is 5. The van der Waals surface area contributed by atoms with Crippen molar-refractivity contribution < 1.29 is 4.79 Å². The summed E-state index contributed by atoms with van der Waals surface area (Å²) in [6.45, 7) is 11.9. The maximum Gasteiger partial charge on any atom is 0.217 e. The van der Waals surface area contributed by atoms with E-state index in [-0.39, 0.29) is 5.91 Å². The van der Waals surface area contributed by atoms with Crippen molar-refractivity contribution >= 4 is 11.6 Å². The Balaban J connectivity index is 1.52. The second-order valence-electron chi connectivity index (χ2n) is 7.21. The number of nitrogens with one attached hydrogen (secondary N) is 1. The van der Waals surface area contributed by atoms with Crippen molar-refractivity contribution in [3.8, 4) is 0 Å². The molecule has 3 rings (SSSR count). The Morgan fingerprint density at radius 1 is 0.962 bits per heavy atom. The van der Waals surface area contributed by atoms with Crippen LogP contribution in [0, 0.1) is 13.8 Å². The SMILES string of the molecule is CC(=O)NCc1ccc(CN2CCN(c3cccc(C)c3C)CC2)cc1. The summed E-state index contributed by atoms with van der Waals surface area (Å²) in [5.74, 6) is 0.00999. The zero-order chi connectivity index (χ0) is 18.5. The summed E-state index contributed by atoms with van der Waals surface area (Å²) in [5, 5.41) is 2.84. The highest BCUT2D eigenvalue weighted by atomic mass is 16.1. The van der Waals surface area contributed by atoms with Crippen molar-refractivity contribution in [1.82, 2.24) is 10.2 Å². The monoisotopic (exact) mass is 351 g/mol. The summed E-state index contributed by atoms with van der Waals surface area (Å²) < 4.78 is 0. The standard InChI is InChI=1S/C22H29N3O/c1-17-5-4-6-22(18(17)2)25-13-11-24(12-14-25)16-21-9-7-20(8-10-21)15-23-19(3)26/h4-10H,11-16H2,1-3H3,(H,23,26). The van der Waals surface area contributed by atoms with E-state index >= 15 is 0 Å². The van der Waals surface area contributed by atoms with E-state index < -0.39 is 0 Å². The van der Waals surface area contributed by atoms with E-state index in [4.69, 9.17) is 0 Å². The van der Waals surface area contributed by atoms with E-state index in [0.717, 1.165) is 38.3 Å². The van der Waals surface area contributed by atoms with Gasteiger partial charge in [-0.05, 0) is 42.2 Å². The van der Waals surface area contributed by atoms with Gasteiger partial charge in [0.25, 0.3) is 0 Å². The van der Waals surface area contributed by atoms with Gasteiger partial charge >= 0.3 is 0 Å². The summed E-state index contributed by atoms with van der Waals surface area (Å²) in [6.07, 6.45) is 0. The molecule has 0 spiro atoms. The molecule has 0 bridgehead atoms. The van der Waals surface area contributed by atoms with Crippen LogP contribution in [0.15, 0.2) is 42.5 Å². The predicted molar refractivity (Wildman–Crippen MR) is 107 cm³/mol. The van der Waals surface area contributed by atoms with E-state index in [2.05, 4.69) is 71.4 Å². The Hall–Kier alpha value is -2.33. The quantitative estimate of drug-likeness (QED) is 0.898. The fraction of sp³-hybridized carbons (Fsp3) is 0.409. The molecule has 1 saturated heterocycles. The van der Waals surface area contributed by atoms with Crippen molar-refractivity contribution in [2.24, 2.45) is 0 Å². The fourth-order valence-electron chi connectivity index (χ4n) is 3.47. The number of amides is 1. The van der Waals surface area contributed by atoms with E-state index in [1.807, 2.05) is 0 Å². The minimum atomic E-state index is 0.00999. The van der Waals surface area contributed by atoms with Gasteiger partial charge in [-0.1, -0.05) is 36.4 Å². The van der Waals surface area contributed by atoms with Gasteiger partial charge < -0.3 is 10.2 Å². The normalized spacial score (nSPS) is 15.1. The van der Waals surface area contributed by atoms with E-state index in [0.29, 0.717) is 6.54 Å². The molecule has 26 heavy (non-hydrogen) atoms. The van der Waals surface area contributed by atoms with E-state index in [1.54, 1.807) is 6.92 Å². The molecule has 2 aromatic carbocycles. The molecule has 4 nitrogen and oxygen atoms in total. The van der Waals surface area contributed by atoms with Crippen LogP contribution in [0.1, 0.15) is 29.2 Å². The van der Waals surface area contributed by atoms with Gasteiger partial charge in [0.05, 0.1) is 0 Å². The van der Waals surface area contributed by atoms with Gasteiger partial charge in [-0.25, -0.2) is 0 Å². The molecule has 0 atom stereocenters. The second-order valence-corrected chi connectivity index (χ2v) is 7.21. The van der Waals surface area contributed by atoms with Crippen LogP contribution < -0.4 is 10.2 Å². The molecule has 0 aromatic heterocycles. The molecule has 1 amide bonds. The topological polar surface area (TPSA) is 35.6 Å². The first kappa shape index (κ1) is 18.5. The maximum atomic E-state index is 11.0. The first-order chi connectivity index (χ1) is 12.5. The Bertz CT molecular complexity index is 746. The van der Waals surface area contributed by atoms with E-state index in [1.165, 1.54) is 22.4 Å². The number of aryl methyl sites for hydroxylation is 1. The lowest BCUT2D eigenvalue weighted by Gasteiger charge is -2.37. The van der Waals surface area contributed by atoms with Gasteiger partial charge in [0.1, 0.15) is 0 Å². The molecule has 1 heterocycles. The van der Waals surface area contributed by atoms with Crippen molar-refractivity contribution in [2.45, 2.75) is 33.9 Å². The van der Waals surface area contributed by atoms with Gasteiger partial charge in [-0.3, -0.25) is 9.69 Å². The Morgan fingerprint density at radius 2 is 1.62 bits per heavy atom. The lowest BCUT2D eigenvalue weighted by molar-refractivity contribution is -0.119. The average molecular weight is 351 g/mol. The van der Waals surface area contributed by atoms with Crippen molar-refractivity contribution in [1.29, 1.82) is 0 Å². The number of nitrogens with zero attached hydrogens (tertiary/aromatic N) is 2. The molecule has 4 heteroatoms. The maximum absolute atomic E-state index is 11.0. The Labute approximate surface area is 156 Å². The number of anilines is 1. The summed E-state index contributed by atoms with van der Waals surface area (Å²) >= 11 is 0. The van der Waals surface area contributed by atoms with Crippen LogP contribution in [-0.4, -0.2) is 37.0 Å². The molecule has 1 aliphatic heterocycles. The molecular weight excluding hydrogens is 322 g/mol. The largest absolute Gasteiger partial charge is 0.369 e. The van der Waals surface area contributed by atoms with Gasteiger partial charge in [-0.15, -0.1) is 0 Å². The van der Waals surface area contributed by atoms with Gasteiger partial charge in [0.2, 0.25) is 5.91 Å². The van der Waals surface area contributed by atoms with Crippen LogP contribution >= 0.6 is 0 Å². The summed E-state index contributed by atoms with van der Waals surface area (Å²) in [7, 11) is 0. The minimum Gasteiger partial charge on any atom is -0.369 e. The Kier molecular flexibility index (Phi) is 5.94. The third kappa shape index (κ3) is 4.64. The number of benzene rings is 2. The van der Waals surface area contributed by atoms with Crippen molar-refractivity contribution in [2.75, 3.05) is 31.1 Å². The van der Waals surface area contributed by atoms with Crippen molar-refractivity contribution in [3.63, 3.8) is 0 Å². The fourth-order valence-corrected chi connectivity index (χ4v) is 3.47. The zero-order valence-corrected chi connectivity index (χ0v) is 16.1. The number of hydrogen-bond acceptors (Lipinski definition) is 3. The highest BCUT2D eigenvalue weighted by Gasteiger charge is 2.18. The number of carbonyl (C=O) groups excluding carboxylic acids is 1. The molecule has 2 aromatic rings. The molecular formula is C22H29N3O. The lowest BCUT2D eigenvalue weighted by atomic mass is 10.1. The van der Waals surface area contributed by atoms with Crippen LogP contribution in [0.5, 0.6) is 0 Å². The molecule has 0 aliphatic carbocycles. The minimum absolute atomic E-state index is 0.00999. The van der Waals surface area contributed by atoms with Crippen LogP contribution in [0.25, 0.3) is 0 Å². The third-order valence-electron chi connectivity index (χ3n) is 5.26. The molecule has 1 fully saturated rings. The van der Waals surface area contributed by atoms with Gasteiger partial charge in [0.15, 0.2) is 0 Å². The summed E-state index contributed by atoms with van der Waals surface area (Å²) in [4.78, 5) is 16.0. The highest BCUT2D eigenvalue weighted by molar-refractivity contribution is 5.72. The molecule has 138 valence electrons. The molecule has 1 N–H and O–H groups in total.